The van der Waals surface area contributed by atoms with E-state index in [1.807, 2.05) is 18.2 Å². The number of amides is 1. The highest BCUT2D eigenvalue weighted by atomic mass is 16.6. The van der Waals surface area contributed by atoms with Gasteiger partial charge in [-0.1, -0.05) is 6.07 Å². The van der Waals surface area contributed by atoms with E-state index in [1.54, 1.807) is 20.8 Å². The smallest absolute Gasteiger partial charge is 0.407 e. The maximum atomic E-state index is 11.7. The first-order valence-corrected chi connectivity index (χ1v) is 9.21. The van der Waals surface area contributed by atoms with Crippen molar-refractivity contribution < 1.29 is 19.7 Å². The van der Waals surface area contributed by atoms with Gasteiger partial charge in [-0.3, -0.25) is 0 Å². The minimum Gasteiger partial charge on any atom is -0.444 e. The molecule has 1 heterocycles. The lowest BCUT2D eigenvalue weighted by Gasteiger charge is -2.22. The lowest BCUT2D eigenvalue weighted by Crippen LogP contribution is -2.38. The number of fused-ring (bicyclic) bond motifs is 3. The van der Waals surface area contributed by atoms with E-state index in [2.05, 4.69) is 10.3 Å². The van der Waals surface area contributed by atoms with E-state index in [0.717, 1.165) is 23.7 Å². The van der Waals surface area contributed by atoms with Gasteiger partial charge in [0.1, 0.15) is 17.8 Å². The van der Waals surface area contributed by atoms with E-state index in [-0.39, 0.29) is 6.54 Å². The number of aliphatic hydroxyl groups excluding tert-OH is 2. The molecule has 2 aromatic rings. The van der Waals surface area contributed by atoms with Crippen LogP contribution in [0.4, 0.5) is 4.79 Å². The van der Waals surface area contributed by atoms with E-state index in [1.165, 1.54) is 24.1 Å². The highest BCUT2D eigenvalue weighted by Crippen LogP contribution is 2.31. The van der Waals surface area contributed by atoms with Gasteiger partial charge >= 0.3 is 6.09 Å². The van der Waals surface area contributed by atoms with Crippen LogP contribution in [0.25, 0.3) is 10.9 Å². The standard InChI is InChI=1S/C20H28N2O4/c1-20(2,3)26-19(25)21-11-17(23)18(24)12-8-9-16-14(10-12)13-6-4-5-7-15(13)22-16/h8-10,17-18,22-24H,4-7,11H2,1-3H3,(H,21,25). The van der Waals surface area contributed by atoms with Crippen molar-refractivity contribution >= 4 is 17.0 Å². The molecule has 0 fully saturated rings. The second kappa shape index (κ2) is 7.29. The molecule has 1 amide bonds. The molecule has 2 unspecified atom stereocenters. The van der Waals surface area contributed by atoms with E-state index >= 15 is 0 Å². The molecule has 6 nitrogen and oxygen atoms in total. The predicted octanol–water partition coefficient (Wildman–Crippen LogP) is 2.97. The normalized spacial score (nSPS) is 16.8. The summed E-state index contributed by atoms with van der Waals surface area (Å²) in [7, 11) is 0. The van der Waals surface area contributed by atoms with Gasteiger partial charge in [-0.05, 0) is 69.7 Å². The van der Waals surface area contributed by atoms with E-state index in [9.17, 15) is 15.0 Å². The number of aromatic nitrogens is 1. The zero-order valence-electron chi connectivity index (χ0n) is 15.6. The lowest BCUT2D eigenvalue weighted by atomic mass is 9.94. The van der Waals surface area contributed by atoms with Crippen molar-refractivity contribution in [3.8, 4) is 0 Å². The van der Waals surface area contributed by atoms with E-state index < -0.39 is 23.9 Å². The number of ether oxygens (including phenoxy) is 1. The summed E-state index contributed by atoms with van der Waals surface area (Å²) >= 11 is 0. The Morgan fingerprint density at radius 1 is 1.27 bits per heavy atom. The number of alkyl carbamates (subject to hydrolysis) is 1. The van der Waals surface area contributed by atoms with Gasteiger partial charge in [0.2, 0.25) is 0 Å². The van der Waals surface area contributed by atoms with Crippen LogP contribution < -0.4 is 5.32 Å². The first-order valence-electron chi connectivity index (χ1n) is 9.21. The third-order valence-electron chi connectivity index (χ3n) is 4.68. The summed E-state index contributed by atoms with van der Waals surface area (Å²) in [4.78, 5) is 15.1. The topological polar surface area (TPSA) is 94.6 Å². The summed E-state index contributed by atoms with van der Waals surface area (Å²) in [6.07, 6.45) is 1.67. The van der Waals surface area contributed by atoms with Crippen LogP contribution in [0, 0.1) is 0 Å². The van der Waals surface area contributed by atoms with Crippen LogP contribution in [0.1, 0.15) is 56.5 Å². The number of benzene rings is 1. The number of aliphatic hydroxyl groups is 2. The molecular weight excluding hydrogens is 332 g/mol. The van der Waals surface area contributed by atoms with Crippen LogP contribution in [0.15, 0.2) is 18.2 Å². The summed E-state index contributed by atoms with van der Waals surface area (Å²) in [5.74, 6) is 0. The van der Waals surface area contributed by atoms with Gasteiger partial charge in [0, 0.05) is 23.1 Å². The zero-order valence-corrected chi connectivity index (χ0v) is 15.6. The number of rotatable bonds is 4. The van der Waals surface area contributed by atoms with Gasteiger partial charge in [0.15, 0.2) is 0 Å². The largest absolute Gasteiger partial charge is 0.444 e. The molecule has 1 aromatic heterocycles. The Balaban J connectivity index is 1.68. The quantitative estimate of drug-likeness (QED) is 0.674. The molecule has 26 heavy (non-hydrogen) atoms. The van der Waals surface area contributed by atoms with Gasteiger partial charge in [0.25, 0.3) is 0 Å². The Morgan fingerprint density at radius 2 is 2.00 bits per heavy atom. The molecule has 0 saturated carbocycles. The van der Waals surface area contributed by atoms with Crippen LogP contribution in [-0.4, -0.2) is 39.5 Å². The summed E-state index contributed by atoms with van der Waals surface area (Å²) in [6, 6.07) is 5.70. The van der Waals surface area contributed by atoms with Gasteiger partial charge in [-0.15, -0.1) is 0 Å². The molecule has 6 heteroatoms. The molecule has 0 saturated heterocycles. The molecule has 0 bridgehead atoms. The number of carbonyl (C=O) groups is 1. The Kier molecular flexibility index (Phi) is 5.25. The van der Waals surface area contributed by atoms with Crippen molar-refractivity contribution in [2.75, 3.05) is 6.54 Å². The molecule has 4 N–H and O–H groups in total. The van der Waals surface area contributed by atoms with E-state index in [4.69, 9.17) is 4.74 Å². The highest BCUT2D eigenvalue weighted by molar-refractivity contribution is 5.85. The van der Waals surface area contributed by atoms with Gasteiger partial charge in [0.05, 0.1) is 0 Å². The minimum atomic E-state index is -1.12. The monoisotopic (exact) mass is 360 g/mol. The second-order valence-electron chi connectivity index (χ2n) is 7.99. The molecule has 3 rings (SSSR count). The third kappa shape index (κ3) is 4.19. The molecule has 142 valence electrons. The van der Waals surface area contributed by atoms with Crippen molar-refractivity contribution in [2.24, 2.45) is 0 Å². The zero-order chi connectivity index (χ0) is 18.9. The van der Waals surface area contributed by atoms with Crippen LogP contribution in [-0.2, 0) is 17.6 Å². The van der Waals surface area contributed by atoms with Crippen LogP contribution in [0.2, 0.25) is 0 Å². The molecule has 1 aliphatic carbocycles. The number of aromatic amines is 1. The molecule has 0 spiro atoms. The van der Waals surface area contributed by atoms with Crippen LogP contribution in [0.5, 0.6) is 0 Å². The molecule has 1 aromatic carbocycles. The Bertz CT molecular complexity index is 791. The number of aryl methyl sites for hydroxylation is 2. The summed E-state index contributed by atoms with van der Waals surface area (Å²) in [5.41, 5.74) is 3.70. The number of hydrogen-bond donors (Lipinski definition) is 4. The summed E-state index contributed by atoms with van der Waals surface area (Å²) in [6.45, 7) is 5.22. The molecular formula is C20H28N2O4. The number of H-pyrrole nitrogens is 1. The fourth-order valence-corrected chi connectivity index (χ4v) is 3.44. The first kappa shape index (κ1) is 18.7. The fraction of sp³-hybridized carbons (Fsp3) is 0.550. The molecule has 2 atom stereocenters. The van der Waals surface area contributed by atoms with E-state index in [0.29, 0.717) is 5.56 Å². The van der Waals surface area contributed by atoms with Crippen molar-refractivity contribution in [1.82, 2.24) is 10.3 Å². The van der Waals surface area contributed by atoms with Gasteiger partial charge in [-0.25, -0.2) is 4.79 Å². The van der Waals surface area contributed by atoms with Crippen molar-refractivity contribution in [2.45, 2.75) is 64.3 Å². The maximum absolute atomic E-state index is 11.7. The SMILES string of the molecule is CC(C)(C)OC(=O)NCC(O)C(O)c1ccc2[nH]c3c(c2c1)CCCC3. The number of nitrogens with one attached hydrogen (secondary N) is 2. The average Bonchev–Trinajstić information content (AvgIpc) is 2.95. The summed E-state index contributed by atoms with van der Waals surface area (Å²) < 4.78 is 5.14. The molecule has 1 aliphatic rings. The Labute approximate surface area is 153 Å². The van der Waals surface area contributed by atoms with Crippen LogP contribution in [0.3, 0.4) is 0 Å². The average molecular weight is 360 g/mol. The Hall–Kier alpha value is -2.05. The van der Waals surface area contributed by atoms with Gasteiger partial charge < -0.3 is 25.3 Å². The lowest BCUT2D eigenvalue weighted by molar-refractivity contribution is 0.0130. The second-order valence-corrected chi connectivity index (χ2v) is 7.99. The fourth-order valence-electron chi connectivity index (χ4n) is 3.44. The first-order chi connectivity index (χ1) is 12.2. The van der Waals surface area contributed by atoms with Crippen molar-refractivity contribution in [1.29, 1.82) is 0 Å². The highest BCUT2D eigenvalue weighted by Gasteiger charge is 2.23. The van der Waals surface area contributed by atoms with Crippen molar-refractivity contribution in [3.05, 3.63) is 35.0 Å². The van der Waals surface area contributed by atoms with Crippen molar-refractivity contribution in [3.63, 3.8) is 0 Å². The maximum Gasteiger partial charge on any atom is 0.407 e. The minimum absolute atomic E-state index is 0.0840. The molecule has 0 radical (unpaired) electrons. The number of carbonyl (C=O) groups excluding carboxylic acids is 1. The third-order valence-corrected chi connectivity index (χ3v) is 4.68. The summed E-state index contributed by atoms with van der Waals surface area (Å²) in [5, 5.41) is 24.3. The van der Waals surface area contributed by atoms with Gasteiger partial charge in [-0.2, -0.15) is 0 Å². The predicted molar refractivity (Wildman–Crippen MR) is 100 cm³/mol. The Morgan fingerprint density at radius 3 is 2.73 bits per heavy atom. The number of hydrogen-bond acceptors (Lipinski definition) is 4. The molecule has 0 aliphatic heterocycles. The van der Waals surface area contributed by atoms with Crippen LogP contribution >= 0.6 is 0 Å².